The summed E-state index contributed by atoms with van der Waals surface area (Å²) in [5, 5.41) is 11.5. The predicted molar refractivity (Wildman–Crippen MR) is 83.3 cm³/mol. The van der Waals surface area contributed by atoms with Crippen molar-refractivity contribution in [3.63, 3.8) is 0 Å². The number of pyridine rings is 1. The minimum absolute atomic E-state index is 0.203. The average molecular weight is 366 g/mol. The summed E-state index contributed by atoms with van der Waals surface area (Å²) in [5.74, 6) is 0.468. The second kappa shape index (κ2) is 5.83. The lowest BCUT2D eigenvalue weighted by Gasteiger charge is -2.06. The first-order valence-corrected chi connectivity index (χ1v) is 7.34. The van der Waals surface area contributed by atoms with E-state index in [1.807, 2.05) is 28.8 Å². The fourth-order valence-corrected chi connectivity index (χ4v) is 2.80. The Kier molecular flexibility index (Phi) is 3.90. The van der Waals surface area contributed by atoms with E-state index in [4.69, 9.17) is 11.6 Å². The molecule has 0 saturated heterocycles. The molecule has 7 heteroatoms. The van der Waals surface area contributed by atoms with Gasteiger partial charge in [-0.15, -0.1) is 10.2 Å². The highest BCUT2D eigenvalue weighted by Crippen LogP contribution is 2.21. The van der Waals surface area contributed by atoms with Crippen LogP contribution in [-0.4, -0.2) is 20.5 Å². The number of nitrogens with one attached hydrogen (secondary N) is 1. The zero-order valence-corrected chi connectivity index (χ0v) is 13.1. The molecule has 5 nitrogen and oxygen atoms in total. The number of halogens is 2. The van der Waals surface area contributed by atoms with Crippen LogP contribution < -0.4 is 5.32 Å². The molecule has 0 fully saturated rings. The first kappa shape index (κ1) is 14.0. The van der Waals surface area contributed by atoms with Gasteiger partial charge < -0.3 is 5.32 Å². The van der Waals surface area contributed by atoms with Crippen LogP contribution >= 0.6 is 27.5 Å². The molecule has 3 aromatic rings. The molecule has 2 heterocycles. The van der Waals surface area contributed by atoms with Gasteiger partial charge in [-0.2, -0.15) is 0 Å². The Morgan fingerprint density at radius 1 is 1.29 bits per heavy atom. The monoisotopic (exact) mass is 364 g/mol. The van der Waals surface area contributed by atoms with E-state index in [0.717, 1.165) is 5.65 Å². The van der Waals surface area contributed by atoms with Crippen LogP contribution in [0.4, 0.5) is 0 Å². The number of hydrogen-bond acceptors (Lipinski definition) is 3. The summed E-state index contributed by atoms with van der Waals surface area (Å²) in [6.45, 7) is 0.291. The van der Waals surface area contributed by atoms with Crippen LogP contribution in [0.15, 0.2) is 47.1 Å². The summed E-state index contributed by atoms with van der Waals surface area (Å²) in [5.41, 5.74) is 1.27. The van der Waals surface area contributed by atoms with Crippen LogP contribution in [0.3, 0.4) is 0 Å². The number of rotatable bonds is 3. The second-order valence-corrected chi connectivity index (χ2v) is 5.64. The van der Waals surface area contributed by atoms with Crippen molar-refractivity contribution in [2.24, 2.45) is 0 Å². The highest BCUT2D eigenvalue weighted by atomic mass is 79.9. The molecule has 1 amide bonds. The second-order valence-electron chi connectivity index (χ2n) is 4.35. The van der Waals surface area contributed by atoms with Crippen LogP contribution in [0, 0.1) is 0 Å². The topological polar surface area (TPSA) is 59.3 Å². The van der Waals surface area contributed by atoms with Gasteiger partial charge in [-0.05, 0) is 46.3 Å². The third-order valence-electron chi connectivity index (χ3n) is 2.97. The van der Waals surface area contributed by atoms with E-state index in [1.165, 1.54) is 0 Å². The molecule has 0 aliphatic carbocycles. The molecular weight excluding hydrogens is 356 g/mol. The number of nitrogens with zero attached hydrogens (tertiary/aromatic N) is 3. The molecule has 0 atom stereocenters. The molecule has 0 spiro atoms. The maximum Gasteiger partial charge on any atom is 0.252 e. The SMILES string of the molecule is O=C(NCc1nnc2ccccn12)c1ccc(Cl)cc1Br. The lowest BCUT2D eigenvalue weighted by Crippen LogP contribution is -2.24. The lowest BCUT2D eigenvalue weighted by molar-refractivity contribution is 0.0949. The van der Waals surface area contributed by atoms with Crippen molar-refractivity contribution in [2.45, 2.75) is 6.54 Å². The number of amides is 1. The zero-order valence-electron chi connectivity index (χ0n) is 10.8. The Hall–Kier alpha value is -1.92. The molecule has 0 unspecified atom stereocenters. The number of carbonyl (C=O) groups is 1. The maximum atomic E-state index is 12.2. The standard InChI is InChI=1S/C14H10BrClN4O/c15-11-7-9(16)4-5-10(11)14(21)17-8-13-19-18-12-3-1-2-6-20(12)13/h1-7H,8H2,(H,17,21). The van der Waals surface area contributed by atoms with Gasteiger partial charge in [0.1, 0.15) is 0 Å². The van der Waals surface area contributed by atoms with Crippen LogP contribution in [-0.2, 0) is 6.54 Å². The third kappa shape index (κ3) is 2.91. The molecule has 3 rings (SSSR count). The van der Waals surface area contributed by atoms with Gasteiger partial charge in [0, 0.05) is 15.7 Å². The molecule has 0 aliphatic heterocycles. The van der Waals surface area contributed by atoms with Crippen molar-refractivity contribution in [2.75, 3.05) is 0 Å². The van der Waals surface area contributed by atoms with E-state index in [2.05, 4.69) is 31.4 Å². The van der Waals surface area contributed by atoms with Crippen LogP contribution in [0.2, 0.25) is 5.02 Å². The van der Waals surface area contributed by atoms with Crippen molar-refractivity contribution >= 4 is 39.1 Å². The highest BCUT2D eigenvalue weighted by Gasteiger charge is 2.12. The molecule has 2 aromatic heterocycles. The van der Waals surface area contributed by atoms with E-state index >= 15 is 0 Å². The van der Waals surface area contributed by atoms with E-state index in [1.54, 1.807) is 18.2 Å². The summed E-state index contributed by atoms with van der Waals surface area (Å²) in [4.78, 5) is 12.2. The third-order valence-corrected chi connectivity index (χ3v) is 3.86. The Bertz CT molecular complexity index is 818. The first-order valence-electron chi connectivity index (χ1n) is 6.17. The maximum absolute atomic E-state index is 12.2. The van der Waals surface area contributed by atoms with Crippen molar-refractivity contribution in [3.8, 4) is 0 Å². The number of aromatic nitrogens is 3. The van der Waals surface area contributed by atoms with Crippen molar-refractivity contribution in [1.82, 2.24) is 19.9 Å². The molecule has 0 aliphatic rings. The van der Waals surface area contributed by atoms with E-state index in [0.29, 0.717) is 27.4 Å². The van der Waals surface area contributed by atoms with Gasteiger partial charge in [0.25, 0.3) is 5.91 Å². The Labute approximate surface area is 134 Å². The lowest BCUT2D eigenvalue weighted by atomic mass is 10.2. The molecule has 0 radical (unpaired) electrons. The number of hydrogen-bond donors (Lipinski definition) is 1. The fourth-order valence-electron chi connectivity index (χ4n) is 1.94. The molecule has 1 N–H and O–H groups in total. The van der Waals surface area contributed by atoms with E-state index in [-0.39, 0.29) is 5.91 Å². The largest absolute Gasteiger partial charge is 0.345 e. The highest BCUT2D eigenvalue weighted by molar-refractivity contribution is 9.10. The van der Waals surface area contributed by atoms with Gasteiger partial charge in [-0.1, -0.05) is 17.7 Å². The van der Waals surface area contributed by atoms with E-state index in [9.17, 15) is 4.79 Å². The van der Waals surface area contributed by atoms with E-state index < -0.39 is 0 Å². The van der Waals surface area contributed by atoms with Gasteiger partial charge in [-0.3, -0.25) is 9.20 Å². The number of carbonyl (C=O) groups excluding carboxylic acids is 1. The molecule has 21 heavy (non-hydrogen) atoms. The first-order chi connectivity index (χ1) is 10.1. The zero-order chi connectivity index (χ0) is 14.8. The average Bonchev–Trinajstić information content (AvgIpc) is 2.88. The number of benzene rings is 1. The summed E-state index contributed by atoms with van der Waals surface area (Å²) in [6.07, 6.45) is 1.86. The quantitative estimate of drug-likeness (QED) is 0.776. The van der Waals surface area contributed by atoms with Crippen LogP contribution in [0.25, 0.3) is 5.65 Å². The fraction of sp³-hybridized carbons (Fsp3) is 0.0714. The smallest absolute Gasteiger partial charge is 0.252 e. The Morgan fingerprint density at radius 2 is 2.14 bits per heavy atom. The van der Waals surface area contributed by atoms with Crippen molar-refractivity contribution in [3.05, 3.63) is 63.5 Å². The van der Waals surface area contributed by atoms with Crippen LogP contribution in [0.1, 0.15) is 16.2 Å². The molecular formula is C14H10BrClN4O. The van der Waals surface area contributed by atoms with Crippen molar-refractivity contribution in [1.29, 1.82) is 0 Å². The number of fused-ring (bicyclic) bond motifs is 1. The summed E-state index contributed by atoms with van der Waals surface area (Å²) in [7, 11) is 0. The molecule has 106 valence electrons. The van der Waals surface area contributed by atoms with Gasteiger partial charge in [0.15, 0.2) is 11.5 Å². The van der Waals surface area contributed by atoms with Gasteiger partial charge in [0.2, 0.25) is 0 Å². The summed E-state index contributed by atoms with van der Waals surface area (Å²) >= 11 is 9.19. The molecule has 1 aromatic carbocycles. The molecule has 0 bridgehead atoms. The van der Waals surface area contributed by atoms with Crippen molar-refractivity contribution < 1.29 is 4.79 Å². The normalized spacial score (nSPS) is 10.8. The summed E-state index contributed by atoms with van der Waals surface area (Å²) in [6, 6.07) is 10.7. The molecule has 0 saturated carbocycles. The predicted octanol–water partition coefficient (Wildman–Crippen LogP) is 3.08. The minimum atomic E-state index is -0.203. The Balaban J connectivity index is 1.77. The van der Waals surface area contributed by atoms with Gasteiger partial charge in [0.05, 0.1) is 12.1 Å². The van der Waals surface area contributed by atoms with Gasteiger partial charge in [-0.25, -0.2) is 0 Å². The van der Waals surface area contributed by atoms with Crippen LogP contribution in [0.5, 0.6) is 0 Å². The van der Waals surface area contributed by atoms with Gasteiger partial charge >= 0.3 is 0 Å². The summed E-state index contributed by atoms with van der Waals surface area (Å²) < 4.78 is 2.48. The minimum Gasteiger partial charge on any atom is -0.345 e. The Morgan fingerprint density at radius 3 is 2.95 bits per heavy atom.